The number of ketones is 1. The summed E-state index contributed by atoms with van der Waals surface area (Å²) < 4.78 is 13.8. The third kappa shape index (κ3) is 3.92. The largest absolute Gasteiger partial charge is 0.330 e. The maximum absolute atomic E-state index is 13.2. The summed E-state index contributed by atoms with van der Waals surface area (Å²) in [5.41, 5.74) is 6.49. The first-order chi connectivity index (χ1) is 9.08. The van der Waals surface area contributed by atoms with Crippen molar-refractivity contribution in [3.8, 4) is 0 Å². The van der Waals surface area contributed by atoms with Crippen LogP contribution in [0.25, 0.3) is 0 Å². The molecule has 0 atom stereocenters. The Morgan fingerprint density at radius 2 is 2.21 bits per heavy atom. The Hall–Kier alpha value is -1.11. The average molecular weight is 343 g/mol. The van der Waals surface area contributed by atoms with Gasteiger partial charge in [-0.2, -0.15) is 0 Å². The zero-order valence-electron chi connectivity index (χ0n) is 10.0. The van der Waals surface area contributed by atoms with E-state index in [1.165, 1.54) is 23.5 Å². The van der Waals surface area contributed by atoms with Gasteiger partial charge in [0.25, 0.3) is 0 Å². The Morgan fingerprint density at radius 3 is 2.89 bits per heavy atom. The van der Waals surface area contributed by atoms with Crippen LogP contribution < -0.4 is 5.73 Å². The fourth-order valence-corrected chi connectivity index (χ4v) is 3.00. The molecule has 0 spiro atoms. The second-order valence-electron chi connectivity index (χ2n) is 4.04. The van der Waals surface area contributed by atoms with E-state index in [0.29, 0.717) is 28.7 Å². The Balaban J connectivity index is 2.11. The smallest absolute Gasteiger partial charge is 0.186 e. The maximum atomic E-state index is 13.2. The van der Waals surface area contributed by atoms with Crippen molar-refractivity contribution in [1.82, 2.24) is 4.98 Å². The van der Waals surface area contributed by atoms with Crippen molar-refractivity contribution in [2.24, 2.45) is 5.73 Å². The highest BCUT2D eigenvalue weighted by Gasteiger charge is 2.12. The van der Waals surface area contributed by atoms with Crippen molar-refractivity contribution in [3.63, 3.8) is 0 Å². The number of nitrogens with zero attached hydrogens (tertiary/aromatic N) is 1. The predicted molar refractivity (Wildman–Crippen MR) is 77.0 cm³/mol. The molecule has 2 rings (SSSR count). The molecular formula is C13H12BrFN2OS. The molecule has 0 aliphatic rings. The van der Waals surface area contributed by atoms with E-state index >= 15 is 0 Å². The fourth-order valence-electron chi connectivity index (χ4n) is 1.67. The standard InChI is InChI=1S/C13H12BrFN2OS/c14-9-3-8(4-10(15)6-9)5-12(18)11-7-19-13(17-11)1-2-16/h3-4,6-7H,1-2,5,16H2. The van der Waals surface area contributed by atoms with Gasteiger partial charge in [0.2, 0.25) is 0 Å². The van der Waals surface area contributed by atoms with E-state index in [4.69, 9.17) is 5.73 Å². The van der Waals surface area contributed by atoms with Crippen molar-refractivity contribution in [2.75, 3.05) is 6.54 Å². The van der Waals surface area contributed by atoms with Gasteiger partial charge in [-0.25, -0.2) is 9.37 Å². The number of halogens is 2. The van der Waals surface area contributed by atoms with Gasteiger partial charge in [-0.1, -0.05) is 15.9 Å². The minimum absolute atomic E-state index is 0.114. The summed E-state index contributed by atoms with van der Waals surface area (Å²) in [6.07, 6.45) is 0.811. The Bertz CT molecular complexity index is 580. The summed E-state index contributed by atoms with van der Waals surface area (Å²) in [4.78, 5) is 16.3. The molecule has 0 saturated heterocycles. The lowest BCUT2D eigenvalue weighted by atomic mass is 10.1. The van der Waals surface area contributed by atoms with Crippen LogP contribution in [0.2, 0.25) is 0 Å². The highest BCUT2D eigenvalue weighted by molar-refractivity contribution is 9.10. The van der Waals surface area contributed by atoms with E-state index in [1.54, 1.807) is 11.4 Å². The summed E-state index contributed by atoms with van der Waals surface area (Å²) in [6.45, 7) is 0.512. The van der Waals surface area contributed by atoms with Crippen LogP contribution in [0.3, 0.4) is 0 Å². The predicted octanol–water partition coefficient (Wildman–Crippen LogP) is 2.97. The molecule has 3 nitrogen and oxygen atoms in total. The van der Waals surface area contributed by atoms with Gasteiger partial charge in [-0.3, -0.25) is 4.79 Å². The molecule has 0 radical (unpaired) electrons. The molecule has 2 aromatic rings. The molecule has 0 fully saturated rings. The van der Waals surface area contributed by atoms with E-state index in [9.17, 15) is 9.18 Å². The average Bonchev–Trinajstić information content (AvgIpc) is 2.76. The van der Waals surface area contributed by atoms with E-state index in [-0.39, 0.29) is 18.0 Å². The van der Waals surface area contributed by atoms with Crippen LogP contribution in [0.1, 0.15) is 21.1 Å². The first kappa shape index (κ1) is 14.3. The minimum atomic E-state index is -0.362. The van der Waals surface area contributed by atoms with E-state index in [2.05, 4.69) is 20.9 Å². The number of rotatable bonds is 5. The summed E-state index contributed by atoms with van der Waals surface area (Å²) in [5.74, 6) is -0.476. The molecule has 2 N–H and O–H groups in total. The highest BCUT2D eigenvalue weighted by atomic mass is 79.9. The topological polar surface area (TPSA) is 56.0 Å². The van der Waals surface area contributed by atoms with Crippen LogP contribution in [0.15, 0.2) is 28.1 Å². The molecular weight excluding hydrogens is 331 g/mol. The molecule has 0 unspecified atom stereocenters. The van der Waals surface area contributed by atoms with Gasteiger partial charge in [-0.15, -0.1) is 11.3 Å². The molecule has 6 heteroatoms. The van der Waals surface area contributed by atoms with E-state index in [1.807, 2.05) is 0 Å². The van der Waals surface area contributed by atoms with Crippen LogP contribution >= 0.6 is 27.3 Å². The molecule has 1 aromatic heterocycles. The number of thiazole rings is 1. The van der Waals surface area contributed by atoms with Crippen molar-refractivity contribution < 1.29 is 9.18 Å². The quantitative estimate of drug-likeness (QED) is 0.850. The van der Waals surface area contributed by atoms with Gasteiger partial charge in [-0.05, 0) is 30.3 Å². The van der Waals surface area contributed by atoms with Gasteiger partial charge in [0.15, 0.2) is 5.78 Å². The van der Waals surface area contributed by atoms with Crippen LogP contribution in [-0.4, -0.2) is 17.3 Å². The van der Waals surface area contributed by atoms with Crippen LogP contribution in [0, 0.1) is 5.82 Å². The third-order valence-electron chi connectivity index (χ3n) is 2.48. The lowest BCUT2D eigenvalue weighted by Gasteiger charge is -2.01. The summed E-state index contributed by atoms with van der Waals surface area (Å²) in [7, 11) is 0. The summed E-state index contributed by atoms with van der Waals surface area (Å²) >= 11 is 4.63. The molecule has 0 aliphatic heterocycles. The minimum Gasteiger partial charge on any atom is -0.330 e. The SMILES string of the molecule is NCCc1nc(C(=O)Cc2cc(F)cc(Br)c2)cs1. The van der Waals surface area contributed by atoms with Gasteiger partial charge >= 0.3 is 0 Å². The molecule has 0 aliphatic carbocycles. The Kier molecular flexibility index (Phi) is 4.79. The molecule has 0 bridgehead atoms. The number of hydrogen-bond donors (Lipinski definition) is 1. The lowest BCUT2D eigenvalue weighted by Crippen LogP contribution is -2.06. The first-order valence-electron chi connectivity index (χ1n) is 5.71. The number of Topliss-reactive ketones (excluding diaryl/α,β-unsaturated/α-hetero) is 1. The number of benzene rings is 1. The third-order valence-corrected chi connectivity index (χ3v) is 3.85. The van der Waals surface area contributed by atoms with Crippen LogP contribution in [-0.2, 0) is 12.8 Å². The number of aromatic nitrogens is 1. The van der Waals surface area contributed by atoms with Gasteiger partial charge in [0, 0.05) is 22.7 Å². The molecule has 0 saturated carbocycles. The summed E-state index contributed by atoms with van der Waals surface area (Å²) in [6, 6.07) is 4.44. The monoisotopic (exact) mass is 342 g/mol. The van der Waals surface area contributed by atoms with Gasteiger partial charge in [0.1, 0.15) is 11.5 Å². The van der Waals surface area contributed by atoms with E-state index in [0.717, 1.165) is 5.01 Å². The van der Waals surface area contributed by atoms with Crippen molar-refractivity contribution in [1.29, 1.82) is 0 Å². The highest BCUT2D eigenvalue weighted by Crippen LogP contribution is 2.17. The van der Waals surface area contributed by atoms with Crippen LogP contribution in [0.5, 0.6) is 0 Å². The fraction of sp³-hybridized carbons (Fsp3) is 0.231. The van der Waals surface area contributed by atoms with Crippen LogP contribution in [0.4, 0.5) is 4.39 Å². The van der Waals surface area contributed by atoms with Gasteiger partial charge in [0.05, 0.1) is 5.01 Å². The zero-order chi connectivity index (χ0) is 13.8. The molecule has 19 heavy (non-hydrogen) atoms. The number of carbonyl (C=O) groups excluding carboxylic acids is 1. The van der Waals surface area contributed by atoms with Crippen molar-refractivity contribution in [2.45, 2.75) is 12.8 Å². The Labute approximate surface area is 122 Å². The van der Waals surface area contributed by atoms with Crippen molar-refractivity contribution in [3.05, 3.63) is 50.1 Å². The number of carbonyl (C=O) groups is 1. The zero-order valence-corrected chi connectivity index (χ0v) is 12.4. The second-order valence-corrected chi connectivity index (χ2v) is 5.90. The lowest BCUT2D eigenvalue weighted by molar-refractivity contribution is 0.0988. The molecule has 1 heterocycles. The van der Waals surface area contributed by atoms with Gasteiger partial charge < -0.3 is 5.73 Å². The molecule has 1 aromatic carbocycles. The first-order valence-corrected chi connectivity index (χ1v) is 7.38. The second kappa shape index (κ2) is 6.36. The Morgan fingerprint density at radius 1 is 1.42 bits per heavy atom. The summed E-state index contributed by atoms with van der Waals surface area (Å²) in [5, 5.41) is 2.58. The molecule has 100 valence electrons. The normalized spacial score (nSPS) is 10.7. The number of hydrogen-bond acceptors (Lipinski definition) is 4. The van der Waals surface area contributed by atoms with Crippen molar-refractivity contribution >= 4 is 33.0 Å². The maximum Gasteiger partial charge on any atom is 0.186 e. The van der Waals surface area contributed by atoms with E-state index < -0.39 is 0 Å². The number of nitrogens with two attached hydrogens (primary N) is 1. The molecule has 0 amide bonds.